The zero-order valence-corrected chi connectivity index (χ0v) is 25.2. The van der Waals surface area contributed by atoms with Crippen LogP contribution in [0.15, 0.2) is 0 Å². The molecule has 20 heteroatoms. The van der Waals surface area contributed by atoms with Crippen molar-refractivity contribution in [1.82, 2.24) is 10.2 Å². The van der Waals surface area contributed by atoms with Gasteiger partial charge in [-0.05, 0) is 0 Å². The largest absolute Gasteiger partial charge is 1.00 e. The van der Waals surface area contributed by atoms with E-state index in [9.17, 15) is 48.6 Å². The number of carbonyl (C=O) groups is 8. The molecule has 0 spiro atoms. The van der Waals surface area contributed by atoms with Crippen LogP contribution in [0.4, 0.5) is 0 Å². The number of rotatable bonds is 10. The van der Waals surface area contributed by atoms with Gasteiger partial charge in [-0.1, -0.05) is 14.4 Å². The molecule has 10 N–H and O–H groups in total. The maximum atomic E-state index is 11.6. The van der Waals surface area contributed by atoms with E-state index in [1.54, 1.807) is 0 Å². The fraction of sp³-hybridized carbons (Fsp3) is 0.579. The number of nitrogens with one attached hydrogen (secondary N) is 1. The standard InChI is InChI=1S/C10H14N2O5.2C4H7NO4.CH4.2Na.H2O.H2/c1-5-3-8(14)12(9(5)15)6(10(16)17)4-7(13)11-2;2*5-2(4(8)9)1-3(6)7;;;;;/h5-6H,3-4H2,1-2H3,(H,11,13)(H,16,17);2*2H,1,5H2,(H,6,7)(H,8,9);1H4;;;1H2;1H/q;;;;2*+1;;/p-2/i;;;;;;;1+1. The molecule has 1 fully saturated rings. The molecule has 0 bridgehead atoms. The van der Waals surface area contributed by atoms with Crippen LogP contribution in [0.25, 0.3) is 0 Å². The fourth-order valence-electron chi connectivity index (χ4n) is 2.24. The van der Waals surface area contributed by atoms with E-state index >= 15 is 0 Å². The Morgan fingerprint density at radius 1 is 0.949 bits per heavy atom. The van der Waals surface area contributed by atoms with Crippen LogP contribution in [0.1, 0.15) is 41.5 Å². The molecular formula is C19H34N4Na2O14. The molecule has 4 atom stereocenters. The number of hydrogen-bond donors (Lipinski definition) is 6. The van der Waals surface area contributed by atoms with Gasteiger partial charge in [0, 0.05) is 20.8 Å². The second kappa shape index (κ2) is 24.9. The Kier molecular flexibility index (Phi) is 31.7. The van der Waals surface area contributed by atoms with Gasteiger partial charge in [0.15, 0.2) is 0 Å². The van der Waals surface area contributed by atoms with E-state index in [0.717, 1.165) is 0 Å². The summed E-state index contributed by atoms with van der Waals surface area (Å²) in [7, 11) is 1.34. The molecule has 1 heterocycles. The number of aliphatic carboxylic acids is 5. The molecule has 0 radical (unpaired) electrons. The molecule has 0 aromatic heterocycles. The third kappa shape index (κ3) is 21.4. The van der Waals surface area contributed by atoms with E-state index in [0.29, 0.717) is 4.90 Å². The number of nitrogens with two attached hydrogens (primary N) is 2. The van der Waals surface area contributed by atoms with Gasteiger partial charge < -0.3 is 57.4 Å². The number of carboxylic acid groups (broad SMARTS) is 5. The summed E-state index contributed by atoms with van der Waals surface area (Å²) in [5, 5.41) is 46.9. The molecule has 0 aromatic carbocycles. The number of imide groups is 1. The van der Waals surface area contributed by atoms with E-state index in [1.165, 1.54) is 14.0 Å². The minimum absolute atomic E-state index is 0. The second-order valence-corrected chi connectivity index (χ2v) is 6.99. The third-order valence-corrected chi connectivity index (χ3v) is 4.06. The normalized spacial score (nSPS) is 15.2. The van der Waals surface area contributed by atoms with Crippen LogP contribution in [0.5, 0.6) is 0 Å². The molecule has 0 aliphatic carbocycles. The Bertz CT molecular complexity index is 833. The van der Waals surface area contributed by atoms with Crippen LogP contribution < -0.4 is 86.1 Å². The number of nitrogens with zero attached hydrogens (tertiary/aromatic N) is 1. The molecule has 1 saturated heterocycles. The summed E-state index contributed by atoms with van der Waals surface area (Å²) in [6.45, 7) is 1.53. The molecule has 1 aliphatic rings. The number of amides is 3. The Morgan fingerprint density at radius 2 is 1.36 bits per heavy atom. The van der Waals surface area contributed by atoms with Crippen molar-refractivity contribution in [2.75, 3.05) is 7.05 Å². The number of carboxylic acids is 5. The molecule has 39 heavy (non-hydrogen) atoms. The maximum absolute atomic E-state index is 11.6. The van der Waals surface area contributed by atoms with Gasteiger partial charge >= 0.3 is 77.0 Å². The number of likely N-dealkylation sites (tertiary alicyclic amines) is 1. The Balaban J connectivity index is -0.0000000828. The molecule has 3 amide bonds. The van der Waals surface area contributed by atoms with E-state index in [1.807, 2.05) is 0 Å². The minimum atomic E-state index is -1.61. The molecule has 216 valence electrons. The SMILES string of the molecule is C.CNC(=O)CC(C(=O)[O-])N1C(=O)CC(C)C1=O.NC(CC(=O)O)C(=O)O.NC(CC(=O)O)C(=O)[O-].O.[2HH].[Na+].[Na+]. The smallest absolute Gasteiger partial charge is 0.548 e. The summed E-state index contributed by atoms with van der Waals surface area (Å²) in [6, 6.07) is -4.22. The van der Waals surface area contributed by atoms with Crippen LogP contribution in [0, 0.1) is 5.92 Å². The zero-order valence-electron chi connectivity index (χ0n) is 21.2. The first-order valence-corrected chi connectivity index (χ1v) is 9.61. The first-order chi connectivity index (χ1) is 16.0. The van der Waals surface area contributed by atoms with Crippen LogP contribution >= 0.6 is 0 Å². The van der Waals surface area contributed by atoms with Gasteiger partial charge in [-0.2, -0.15) is 0 Å². The molecule has 0 saturated carbocycles. The monoisotopic (exact) mass is 589 g/mol. The van der Waals surface area contributed by atoms with Crippen LogP contribution in [-0.2, 0) is 38.4 Å². The van der Waals surface area contributed by atoms with Crippen LogP contribution in [0.3, 0.4) is 0 Å². The predicted octanol–water partition coefficient (Wildman–Crippen LogP) is -11.9. The van der Waals surface area contributed by atoms with E-state index in [2.05, 4.69) is 5.32 Å². The second-order valence-electron chi connectivity index (χ2n) is 6.99. The topological polar surface area (TPSA) is 342 Å². The average Bonchev–Trinajstić information content (AvgIpc) is 2.97. The molecule has 0 aromatic rings. The first kappa shape index (κ1) is 49.8. The average molecular weight is 589 g/mol. The van der Waals surface area contributed by atoms with Crippen molar-refractivity contribution in [1.29, 1.82) is 0 Å². The predicted molar refractivity (Wildman–Crippen MR) is 119 cm³/mol. The van der Waals surface area contributed by atoms with Gasteiger partial charge in [0.2, 0.25) is 17.7 Å². The van der Waals surface area contributed by atoms with Crippen molar-refractivity contribution in [2.45, 2.75) is 58.2 Å². The van der Waals surface area contributed by atoms with Crippen molar-refractivity contribution in [2.24, 2.45) is 17.4 Å². The third-order valence-electron chi connectivity index (χ3n) is 4.06. The van der Waals surface area contributed by atoms with E-state index < -0.39 is 90.9 Å². The Morgan fingerprint density at radius 3 is 1.56 bits per heavy atom. The fourth-order valence-corrected chi connectivity index (χ4v) is 2.24. The summed E-state index contributed by atoms with van der Waals surface area (Å²) in [5.41, 5.74) is 9.61. The number of carbonyl (C=O) groups excluding carboxylic acids is 5. The summed E-state index contributed by atoms with van der Waals surface area (Å²) in [4.78, 5) is 84.8. The molecule has 1 aliphatic heterocycles. The van der Waals surface area contributed by atoms with Gasteiger partial charge in [-0.3, -0.25) is 33.7 Å². The van der Waals surface area contributed by atoms with Gasteiger partial charge in [-0.25, -0.2) is 0 Å². The molecule has 1 rings (SSSR count). The van der Waals surface area contributed by atoms with Crippen molar-refractivity contribution in [3.8, 4) is 0 Å². The van der Waals surface area contributed by atoms with Crippen molar-refractivity contribution in [3.63, 3.8) is 0 Å². The summed E-state index contributed by atoms with van der Waals surface area (Å²) in [6.07, 6.45) is -1.64. The first-order valence-electron chi connectivity index (χ1n) is 9.61. The van der Waals surface area contributed by atoms with Crippen molar-refractivity contribution < 1.29 is 130 Å². The maximum Gasteiger partial charge on any atom is 1.00 e. The molecule has 4 unspecified atom stereocenters. The van der Waals surface area contributed by atoms with Crippen molar-refractivity contribution in [3.05, 3.63) is 0 Å². The quantitative estimate of drug-likeness (QED) is 0.102. The molecule has 18 nitrogen and oxygen atoms in total. The van der Waals surface area contributed by atoms with Gasteiger partial charge in [-0.15, -0.1) is 0 Å². The summed E-state index contributed by atoms with van der Waals surface area (Å²) in [5.74, 6) is -9.17. The zero-order chi connectivity index (χ0) is 28.0. The summed E-state index contributed by atoms with van der Waals surface area (Å²) < 4.78 is 0. The minimum Gasteiger partial charge on any atom is -0.548 e. The van der Waals surface area contributed by atoms with Crippen LogP contribution in [0.2, 0.25) is 0 Å². The van der Waals surface area contributed by atoms with Crippen LogP contribution in [-0.4, -0.2) is 98.4 Å². The number of hydrogen-bond acceptors (Lipinski definition) is 12. The van der Waals surface area contributed by atoms with Gasteiger partial charge in [0.25, 0.3) is 0 Å². The molecular weight excluding hydrogens is 554 g/mol. The van der Waals surface area contributed by atoms with E-state index in [4.69, 9.17) is 26.8 Å². The van der Waals surface area contributed by atoms with E-state index in [-0.39, 0.29) is 79.9 Å². The van der Waals surface area contributed by atoms with Gasteiger partial charge in [0.1, 0.15) is 6.04 Å². The summed E-state index contributed by atoms with van der Waals surface area (Å²) >= 11 is 0. The van der Waals surface area contributed by atoms with Crippen molar-refractivity contribution >= 4 is 47.6 Å². The Labute approximate surface area is 268 Å². The Hall–Kier alpha value is -2.16. The van der Waals surface area contributed by atoms with Gasteiger partial charge in [0.05, 0.1) is 43.3 Å².